The molecule has 0 amide bonds. The minimum Gasteiger partial charge on any atom is -0.462 e. The summed E-state index contributed by atoms with van der Waals surface area (Å²) >= 11 is 9.58. The molecule has 5 saturated carbocycles. The van der Waals surface area contributed by atoms with E-state index >= 15 is 0 Å². The molecule has 13 rings (SSSR count). The number of hydrogen-bond acceptors (Lipinski definition) is 16. The van der Waals surface area contributed by atoms with Gasteiger partial charge in [0.1, 0.15) is 5.60 Å². The third-order valence-corrected chi connectivity index (χ3v) is 26.4. The number of nitrogen functional groups attached to an aromatic ring is 2. The number of rotatable bonds is 36. The van der Waals surface area contributed by atoms with E-state index in [0.717, 1.165) is 119 Å². The van der Waals surface area contributed by atoms with E-state index in [-0.39, 0.29) is 29.8 Å². The molecule has 8 aromatic rings. The first-order valence-electron chi connectivity index (χ1n) is 49.7. The van der Waals surface area contributed by atoms with Gasteiger partial charge in [-0.05, 0) is 240 Å². The largest absolute Gasteiger partial charge is 0.462 e. The van der Waals surface area contributed by atoms with Gasteiger partial charge in [-0.15, -0.1) is 0 Å². The predicted molar refractivity (Wildman–Crippen MR) is 542 cm³/mol. The number of unbranched alkanes of at least 4 members (excludes halogenated alkanes) is 7. The molecular formula is C112H154BrClN6O10. The smallest absolute Gasteiger partial charge is 0.338 e. The molecule has 8 N–H and O–H groups in total. The van der Waals surface area contributed by atoms with Crippen LogP contribution in [-0.4, -0.2) is 67.9 Å². The zero-order valence-corrected chi connectivity index (χ0v) is 81.9. The van der Waals surface area contributed by atoms with Crippen LogP contribution in [0.2, 0.25) is 5.02 Å². The Bertz CT molecular complexity index is 4660. The highest BCUT2D eigenvalue weighted by molar-refractivity contribution is 9.10. The van der Waals surface area contributed by atoms with Crippen LogP contribution >= 0.6 is 27.5 Å². The summed E-state index contributed by atoms with van der Waals surface area (Å²) < 4.78 is 27.4. The Morgan fingerprint density at radius 2 is 0.708 bits per heavy atom. The Balaban J connectivity index is 0.000000183. The maximum atomic E-state index is 12.2. The number of esters is 5. The van der Waals surface area contributed by atoms with Gasteiger partial charge in [-0.2, -0.15) is 0 Å². The Kier molecular flexibility index (Phi) is 47.0. The topological polar surface area (TPSA) is 232 Å². The summed E-state index contributed by atoms with van der Waals surface area (Å²) in [6.07, 6.45) is 49.8. The summed E-state index contributed by atoms with van der Waals surface area (Å²) in [7, 11) is 0. The van der Waals surface area contributed by atoms with Gasteiger partial charge in [-0.25, -0.2) is 24.0 Å². The number of carbonyl (C=O) groups excluding carboxylic acids is 5. The van der Waals surface area contributed by atoms with E-state index in [4.69, 9.17) is 46.8 Å². The van der Waals surface area contributed by atoms with Crippen molar-refractivity contribution in [1.82, 2.24) is 0 Å². The highest BCUT2D eigenvalue weighted by Crippen LogP contribution is 2.37. The van der Waals surface area contributed by atoms with E-state index in [2.05, 4.69) is 117 Å². The second kappa shape index (κ2) is 58.5. The molecule has 0 atom stereocenters. The fraction of sp³-hybridized carbons (Fsp3) is 0.527. The van der Waals surface area contributed by atoms with Crippen LogP contribution < -0.4 is 32.7 Å². The number of benzene rings is 8. The fourth-order valence-electron chi connectivity index (χ4n) is 18.4. The summed E-state index contributed by atoms with van der Waals surface area (Å²) in [6, 6.07) is 55.9. The molecule has 0 bridgehead atoms. The van der Waals surface area contributed by atoms with Gasteiger partial charge in [-0.1, -0.05) is 319 Å². The molecule has 5 aliphatic carbocycles. The van der Waals surface area contributed by atoms with Crippen LogP contribution in [0.5, 0.6) is 0 Å². The number of nitrogens with one attached hydrogen (secondary N) is 4. The van der Waals surface area contributed by atoms with E-state index in [1.54, 1.807) is 12.1 Å². The number of halogens is 2. The lowest BCUT2D eigenvalue weighted by molar-refractivity contribution is 0.00684. The highest BCUT2D eigenvalue weighted by Gasteiger charge is 2.25. The lowest BCUT2D eigenvalue weighted by atomic mass is 9.84. The van der Waals surface area contributed by atoms with Gasteiger partial charge in [0.25, 0.3) is 0 Å². The van der Waals surface area contributed by atoms with Gasteiger partial charge in [0, 0.05) is 57.9 Å². The molecule has 5 aliphatic rings. The van der Waals surface area contributed by atoms with Crippen molar-refractivity contribution in [3.63, 3.8) is 0 Å². The molecule has 0 unspecified atom stereocenters. The average Bonchev–Trinajstić information content (AvgIpc) is 0.844. The third-order valence-electron chi connectivity index (χ3n) is 25.7. The van der Waals surface area contributed by atoms with Gasteiger partial charge in [0.05, 0.1) is 65.6 Å². The van der Waals surface area contributed by atoms with E-state index in [9.17, 15) is 24.0 Å². The number of hydrogen-bond donors (Lipinski definition) is 6. The zero-order valence-electron chi connectivity index (χ0n) is 79.6. The molecule has 8 aromatic carbocycles. The summed E-state index contributed by atoms with van der Waals surface area (Å²) in [5.41, 5.74) is 28.8. The van der Waals surface area contributed by atoms with E-state index in [1.165, 1.54) is 245 Å². The highest BCUT2D eigenvalue weighted by atomic mass is 79.9. The first-order valence-corrected chi connectivity index (χ1v) is 50.9. The first kappa shape index (κ1) is 104. The van der Waals surface area contributed by atoms with Crippen LogP contribution in [0, 0.1) is 23.7 Å². The van der Waals surface area contributed by atoms with Crippen molar-refractivity contribution >= 4 is 91.5 Å². The van der Waals surface area contributed by atoms with E-state index in [1.807, 2.05) is 126 Å². The first-order chi connectivity index (χ1) is 63.1. The minimum atomic E-state index is -0.483. The van der Waals surface area contributed by atoms with Crippen LogP contribution in [0.1, 0.15) is 364 Å². The summed E-state index contributed by atoms with van der Waals surface area (Å²) in [6.45, 7) is 17.2. The SMILES string of the molecule is CC(C)(C)OC(=O)c1ccc(CC2CCCCCCC2)c(N)c1.CCCCCCCCCCOC(=O)c1ccc(NC2CCCCC2)c(N)c1.CCOC(=O)c1ccc(CC2CCCCC2)c(NCc2ccc(Br)cc2)c1.CCOC(=O)c1ccc(CC2CCCCC2)c(NCc2cccc(Cl)c2)c1.CCOC(=O)c1ccc(CC2CCCCC2)c(NCc2ccccc2)c1. The number of nitrogens with two attached hydrogens (primary N) is 2. The lowest BCUT2D eigenvalue weighted by Gasteiger charge is -2.24. The van der Waals surface area contributed by atoms with Crippen molar-refractivity contribution < 1.29 is 47.7 Å². The Hall–Kier alpha value is -9.32. The summed E-state index contributed by atoms with van der Waals surface area (Å²) in [5, 5.41) is 14.9. The van der Waals surface area contributed by atoms with Crippen molar-refractivity contribution in [2.24, 2.45) is 23.7 Å². The zero-order chi connectivity index (χ0) is 92.5. The normalized spacial score (nSPS) is 15.2. The fourth-order valence-corrected chi connectivity index (χ4v) is 18.9. The maximum Gasteiger partial charge on any atom is 0.338 e. The van der Waals surface area contributed by atoms with Crippen molar-refractivity contribution in [2.45, 2.75) is 330 Å². The van der Waals surface area contributed by atoms with Crippen LogP contribution in [0.3, 0.4) is 0 Å². The number of carbonyl (C=O) groups is 5. The molecule has 0 saturated heterocycles. The monoisotopic (exact) mass is 1860 g/mol. The van der Waals surface area contributed by atoms with Gasteiger partial charge in [-0.3, -0.25) is 0 Å². The molecule has 130 heavy (non-hydrogen) atoms. The van der Waals surface area contributed by atoms with Gasteiger partial charge >= 0.3 is 29.8 Å². The maximum absolute atomic E-state index is 12.2. The Labute approximate surface area is 793 Å². The van der Waals surface area contributed by atoms with Crippen molar-refractivity contribution in [2.75, 3.05) is 59.2 Å². The molecule has 0 aliphatic heterocycles. The molecule has 0 radical (unpaired) electrons. The molecule has 5 fully saturated rings. The summed E-state index contributed by atoms with van der Waals surface area (Å²) in [5.74, 6) is 1.62. The summed E-state index contributed by atoms with van der Waals surface area (Å²) in [4.78, 5) is 60.8. The van der Waals surface area contributed by atoms with Gasteiger partial charge in [0.15, 0.2) is 0 Å². The molecular weight excluding hydrogens is 1700 g/mol. The molecule has 0 aromatic heterocycles. The standard InChI is InChI=1S/C23H28BrNO2.C23H28ClNO2.C23H38N2O2.C23H29NO2.C20H31NO2/c1-2-27-23(26)20-11-10-19(14-17-6-4-3-5-7-17)22(15-20)25-16-18-8-12-21(24)13-9-18;1-2-27-23(26)20-12-11-19(13-17-7-4-3-5-8-17)22(15-20)25-16-18-9-6-10-21(24)14-18;1-2-3-4-5-6-7-8-12-17-27-23(26)19-15-16-22(21(24)18-19)25-20-13-10-9-11-14-20;1-2-26-23(25)21-14-13-20(15-18-9-5-3-6-10-18)22(16-21)24-17-19-11-7-4-8-12-19;1-20(2,3)23-19(22)17-12-11-16(18(21)14-17)13-15-9-7-5-4-6-8-10-15/h8-13,15,17,25H,2-7,14,16H2,1H3;6,9-12,14-15,17,25H,2-5,7-8,13,16H2,1H3;15-16,18,20,25H,2-14,17,24H2,1H3;4,7-8,11-14,16,18,24H,2-3,5-6,9-10,15,17H2,1H3;11-12,14-15H,4-10,13,21H2,1-3H3. The Morgan fingerprint density at radius 3 is 1.13 bits per heavy atom. The molecule has 706 valence electrons. The van der Waals surface area contributed by atoms with Crippen LogP contribution in [0.15, 0.2) is 174 Å². The molecule has 0 spiro atoms. The van der Waals surface area contributed by atoms with E-state index < -0.39 is 5.60 Å². The predicted octanol–water partition coefficient (Wildman–Crippen LogP) is 29.6. The minimum absolute atomic E-state index is 0.250. The quantitative estimate of drug-likeness (QED) is 0.00928. The second-order valence-electron chi connectivity index (χ2n) is 37.4. The van der Waals surface area contributed by atoms with Crippen LogP contribution in [0.4, 0.5) is 34.1 Å². The Morgan fingerprint density at radius 1 is 0.354 bits per heavy atom. The van der Waals surface area contributed by atoms with Crippen molar-refractivity contribution in [1.29, 1.82) is 0 Å². The van der Waals surface area contributed by atoms with Gasteiger partial charge < -0.3 is 56.4 Å². The second-order valence-corrected chi connectivity index (χ2v) is 38.8. The van der Waals surface area contributed by atoms with E-state index in [0.29, 0.717) is 72.5 Å². The lowest BCUT2D eigenvalue weighted by Crippen LogP contribution is -2.24. The number of ether oxygens (including phenoxy) is 5. The van der Waals surface area contributed by atoms with Crippen LogP contribution in [0.25, 0.3) is 0 Å². The molecule has 0 heterocycles. The van der Waals surface area contributed by atoms with Gasteiger partial charge in [0.2, 0.25) is 0 Å². The van der Waals surface area contributed by atoms with Crippen molar-refractivity contribution in [3.05, 3.63) is 246 Å². The van der Waals surface area contributed by atoms with Crippen molar-refractivity contribution in [3.8, 4) is 0 Å². The molecule has 18 heteroatoms. The average molecular weight is 1860 g/mol. The van der Waals surface area contributed by atoms with Crippen LogP contribution in [-0.2, 0) is 69.0 Å². The molecule has 16 nitrogen and oxygen atoms in total. The third kappa shape index (κ3) is 38.9. The number of anilines is 6.